The van der Waals surface area contributed by atoms with Gasteiger partial charge in [0.2, 0.25) is 0 Å². The third-order valence-corrected chi connectivity index (χ3v) is 8.50. The molecule has 0 bridgehead atoms. The first-order valence-electron chi connectivity index (χ1n) is 11.5. The number of unbranched alkanes of at least 4 members (excludes halogenated alkanes) is 8. The maximum absolute atomic E-state index is 5.51. The number of quaternary nitrogens is 1. The molecule has 0 aliphatic rings. The summed E-state index contributed by atoms with van der Waals surface area (Å²) in [6, 6.07) is 0.886. The van der Waals surface area contributed by atoms with E-state index in [-0.39, 0.29) is 0 Å². The minimum Gasteiger partial charge on any atom is -0.382 e. The predicted octanol–water partition coefficient (Wildman–Crippen LogP) is 4.50. The van der Waals surface area contributed by atoms with Gasteiger partial charge in [0, 0.05) is 47.5 Å². The minimum absolute atomic E-state index is 0.702. The molecule has 0 fully saturated rings. The highest BCUT2D eigenvalue weighted by molar-refractivity contribution is 6.60. The van der Waals surface area contributed by atoms with Crippen LogP contribution in [0.3, 0.4) is 0 Å². The molecule has 0 aliphatic carbocycles. The SMILES string of the molecule is COCCOCCCCCCCCCCC[N+](C)(C)CCC[Si](OC)(OC)OC. The number of ether oxygens (including phenoxy) is 2. The van der Waals surface area contributed by atoms with Crippen LogP contribution in [0.25, 0.3) is 0 Å². The highest BCUT2D eigenvalue weighted by Gasteiger charge is 2.37. The second-order valence-electron chi connectivity index (χ2n) is 8.57. The number of hydrogen-bond acceptors (Lipinski definition) is 5. The van der Waals surface area contributed by atoms with E-state index in [1.807, 2.05) is 0 Å². The van der Waals surface area contributed by atoms with E-state index >= 15 is 0 Å². The summed E-state index contributed by atoms with van der Waals surface area (Å²) in [6.45, 7) is 4.68. The zero-order valence-electron chi connectivity index (χ0n) is 20.3. The summed E-state index contributed by atoms with van der Waals surface area (Å²) in [5.41, 5.74) is 0. The standard InChI is InChI=1S/C22H50NO5Si/c1-23(2,18-16-22-29(25-4,26-5)27-6)17-14-12-10-8-7-9-11-13-15-19-28-21-20-24-3/h7-22H2,1-6H3/q+1. The number of nitrogens with zero attached hydrogens (tertiary/aromatic N) is 1. The topological polar surface area (TPSA) is 46.2 Å². The molecule has 0 aromatic rings. The lowest BCUT2D eigenvalue weighted by Gasteiger charge is -2.31. The fraction of sp³-hybridized carbons (Fsp3) is 1.00. The summed E-state index contributed by atoms with van der Waals surface area (Å²) in [4.78, 5) is 0. The van der Waals surface area contributed by atoms with Crippen molar-refractivity contribution in [3.05, 3.63) is 0 Å². The molecule has 0 saturated heterocycles. The summed E-state index contributed by atoms with van der Waals surface area (Å²) in [6.07, 6.45) is 13.0. The van der Waals surface area contributed by atoms with Gasteiger partial charge in [0.25, 0.3) is 0 Å². The van der Waals surface area contributed by atoms with Crippen molar-refractivity contribution in [1.29, 1.82) is 0 Å². The Bertz CT molecular complexity index is 346. The van der Waals surface area contributed by atoms with E-state index in [1.54, 1.807) is 28.4 Å². The van der Waals surface area contributed by atoms with Crippen molar-refractivity contribution in [3.63, 3.8) is 0 Å². The quantitative estimate of drug-likeness (QED) is 0.142. The molecule has 0 saturated carbocycles. The minimum atomic E-state index is -2.41. The van der Waals surface area contributed by atoms with Gasteiger partial charge in [0.15, 0.2) is 0 Å². The van der Waals surface area contributed by atoms with Crippen molar-refractivity contribution in [2.24, 2.45) is 0 Å². The van der Waals surface area contributed by atoms with Gasteiger partial charge >= 0.3 is 8.80 Å². The zero-order valence-corrected chi connectivity index (χ0v) is 21.3. The lowest BCUT2D eigenvalue weighted by Crippen LogP contribution is -2.45. The second kappa shape index (κ2) is 18.7. The van der Waals surface area contributed by atoms with Crippen molar-refractivity contribution in [1.82, 2.24) is 0 Å². The number of hydrogen-bond donors (Lipinski definition) is 0. The van der Waals surface area contributed by atoms with Crippen LogP contribution < -0.4 is 0 Å². The molecule has 0 spiro atoms. The number of methoxy groups -OCH3 is 1. The van der Waals surface area contributed by atoms with Crippen LogP contribution in [-0.4, -0.2) is 88.7 Å². The maximum atomic E-state index is 5.51. The molecule has 0 aliphatic heterocycles. The molecule has 0 aromatic heterocycles. The lowest BCUT2D eigenvalue weighted by atomic mass is 10.1. The first kappa shape index (κ1) is 29.0. The van der Waals surface area contributed by atoms with Crippen LogP contribution >= 0.6 is 0 Å². The first-order valence-corrected chi connectivity index (χ1v) is 13.4. The third kappa shape index (κ3) is 16.4. The summed E-state index contributed by atoms with van der Waals surface area (Å²) in [7, 11) is 9.03. The van der Waals surface area contributed by atoms with E-state index in [4.69, 9.17) is 22.8 Å². The predicted molar refractivity (Wildman–Crippen MR) is 122 cm³/mol. The van der Waals surface area contributed by atoms with Gasteiger partial charge in [-0.15, -0.1) is 0 Å². The molecular formula is C22H50NO5Si+. The maximum Gasteiger partial charge on any atom is 0.500 e. The highest BCUT2D eigenvalue weighted by Crippen LogP contribution is 2.17. The van der Waals surface area contributed by atoms with Crippen LogP contribution in [0.4, 0.5) is 0 Å². The average molecular weight is 437 g/mol. The summed E-state index contributed by atoms with van der Waals surface area (Å²) in [5, 5.41) is 0. The van der Waals surface area contributed by atoms with Crippen molar-refractivity contribution in [2.75, 3.05) is 75.4 Å². The molecule has 29 heavy (non-hydrogen) atoms. The Morgan fingerprint density at radius 3 is 1.55 bits per heavy atom. The van der Waals surface area contributed by atoms with Gasteiger partial charge in [-0.2, -0.15) is 0 Å². The van der Waals surface area contributed by atoms with Gasteiger partial charge in [0.1, 0.15) is 0 Å². The van der Waals surface area contributed by atoms with Crippen LogP contribution in [-0.2, 0) is 22.8 Å². The summed E-state index contributed by atoms with van der Waals surface area (Å²) >= 11 is 0. The molecular weight excluding hydrogens is 386 g/mol. The zero-order chi connectivity index (χ0) is 21.8. The molecule has 0 N–H and O–H groups in total. The van der Waals surface area contributed by atoms with Crippen LogP contribution in [0.5, 0.6) is 0 Å². The molecule has 0 amide bonds. The van der Waals surface area contributed by atoms with Gasteiger partial charge in [-0.3, -0.25) is 0 Å². The van der Waals surface area contributed by atoms with E-state index in [0.717, 1.165) is 36.7 Å². The molecule has 0 atom stereocenters. The van der Waals surface area contributed by atoms with Crippen molar-refractivity contribution >= 4 is 8.80 Å². The Balaban J connectivity index is 3.53. The molecule has 7 heteroatoms. The van der Waals surface area contributed by atoms with Crippen LogP contribution in [0, 0.1) is 0 Å². The Morgan fingerprint density at radius 1 is 0.552 bits per heavy atom. The van der Waals surface area contributed by atoms with Crippen LogP contribution in [0.2, 0.25) is 6.04 Å². The van der Waals surface area contributed by atoms with E-state index < -0.39 is 8.80 Å². The van der Waals surface area contributed by atoms with Crippen LogP contribution in [0.15, 0.2) is 0 Å². The van der Waals surface area contributed by atoms with Gasteiger partial charge in [-0.25, -0.2) is 0 Å². The lowest BCUT2D eigenvalue weighted by molar-refractivity contribution is -0.890. The molecule has 0 unspecified atom stereocenters. The molecule has 0 heterocycles. The van der Waals surface area contributed by atoms with Gasteiger partial charge in [0.05, 0.1) is 40.4 Å². The molecule has 0 radical (unpaired) electrons. The monoisotopic (exact) mass is 436 g/mol. The number of rotatable bonds is 22. The second-order valence-corrected chi connectivity index (χ2v) is 11.7. The summed E-state index contributed by atoms with van der Waals surface area (Å²) < 4.78 is 28.1. The van der Waals surface area contributed by atoms with Crippen molar-refractivity contribution < 1.29 is 27.2 Å². The van der Waals surface area contributed by atoms with Crippen molar-refractivity contribution in [3.8, 4) is 0 Å². The molecule has 0 rings (SSSR count). The van der Waals surface area contributed by atoms with Gasteiger partial charge in [-0.05, 0) is 19.3 Å². The first-order chi connectivity index (χ1) is 13.9. The van der Waals surface area contributed by atoms with E-state index in [9.17, 15) is 0 Å². The normalized spacial score (nSPS) is 12.6. The van der Waals surface area contributed by atoms with E-state index in [0.29, 0.717) is 6.61 Å². The fourth-order valence-electron chi connectivity index (χ4n) is 3.62. The molecule has 176 valence electrons. The van der Waals surface area contributed by atoms with E-state index in [1.165, 1.54) is 64.3 Å². The molecule has 6 nitrogen and oxygen atoms in total. The van der Waals surface area contributed by atoms with Gasteiger partial charge in [-0.1, -0.05) is 38.5 Å². The van der Waals surface area contributed by atoms with E-state index in [2.05, 4.69) is 14.1 Å². The summed E-state index contributed by atoms with van der Waals surface area (Å²) in [5.74, 6) is 0. The Hall–Kier alpha value is -0.0231. The Morgan fingerprint density at radius 2 is 1.03 bits per heavy atom. The highest BCUT2D eigenvalue weighted by atomic mass is 28.4. The smallest absolute Gasteiger partial charge is 0.382 e. The largest absolute Gasteiger partial charge is 0.500 e. The fourth-order valence-corrected chi connectivity index (χ4v) is 5.32. The Kier molecular flexibility index (Phi) is 18.7. The van der Waals surface area contributed by atoms with Crippen LogP contribution in [0.1, 0.15) is 64.2 Å². The third-order valence-electron chi connectivity index (χ3n) is 5.66. The van der Waals surface area contributed by atoms with Gasteiger partial charge < -0.3 is 27.2 Å². The van der Waals surface area contributed by atoms with Crippen molar-refractivity contribution in [2.45, 2.75) is 70.3 Å². The Labute approximate surface area is 182 Å². The average Bonchev–Trinajstić information content (AvgIpc) is 2.71. The molecule has 0 aromatic carbocycles.